The van der Waals surface area contributed by atoms with Crippen LogP contribution in [0.15, 0.2) is 87.7 Å². The molecule has 9 rings (SSSR count). The number of aryl methyl sites for hydroxylation is 1. The number of halogens is 7. The number of benzene rings is 3. The highest BCUT2D eigenvalue weighted by Gasteiger charge is 2.67. The molecule has 2 unspecified atom stereocenters. The average Bonchev–Trinajstić information content (AvgIpc) is 3.73. The number of rotatable bonds is 10. The second kappa shape index (κ2) is 14.9. The number of hydrogen-bond donors (Lipinski definition) is 2. The van der Waals surface area contributed by atoms with Gasteiger partial charge in [0.05, 0.1) is 34.8 Å². The molecular weight excluding hydrogens is 862 g/mol. The molecule has 20 heteroatoms. The van der Waals surface area contributed by atoms with Crippen molar-refractivity contribution in [1.29, 1.82) is 0 Å². The molecule has 5 aromatic rings. The van der Waals surface area contributed by atoms with E-state index in [1.54, 1.807) is 18.2 Å². The van der Waals surface area contributed by atoms with Gasteiger partial charge in [-0.1, -0.05) is 41.9 Å². The van der Waals surface area contributed by atoms with Crippen LogP contribution in [0.5, 0.6) is 0 Å². The third kappa shape index (κ3) is 7.13. The second-order valence-corrected chi connectivity index (χ2v) is 18.1. The van der Waals surface area contributed by atoms with Gasteiger partial charge in [-0.2, -0.15) is 19.0 Å². The van der Waals surface area contributed by atoms with Crippen LogP contribution in [0.2, 0.25) is 0 Å². The van der Waals surface area contributed by atoms with Crippen molar-refractivity contribution in [1.82, 2.24) is 34.4 Å². The molecule has 0 saturated heterocycles. The lowest BCUT2D eigenvalue weighted by Crippen LogP contribution is -2.44. The summed E-state index contributed by atoms with van der Waals surface area (Å²) in [7, 11) is -2.35. The van der Waals surface area contributed by atoms with E-state index in [0.717, 1.165) is 29.5 Å². The number of fused-ring (bicyclic) bond motifs is 5. The lowest BCUT2D eigenvalue weighted by molar-refractivity contribution is -0.123. The van der Waals surface area contributed by atoms with Crippen LogP contribution in [-0.4, -0.2) is 63.8 Å². The van der Waals surface area contributed by atoms with Gasteiger partial charge in [-0.05, 0) is 77.9 Å². The molecule has 0 spiro atoms. The number of hydrazone groups is 1. The number of hydrogen-bond acceptors (Lipinski definition) is 8. The Labute approximate surface area is 354 Å². The molecule has 322 valence electrons. The van der Waals surface area contributed by atoms with Crippen LogP contribution in [0.1, 0.15) is 58.7 Å². The van der Waals surface area contributed by atoms with Gasteiger partial charge in [0.15, 0.2) is 0 Å². The molecule has 0 bridgehead atoms. The first-order valence-corrected chi connectivity index (χ1v) is 21.6. The minimum atomic E-state index is -3.87. The molecule has 5 atom stereocenters. The van der Waals surface area contributed by atoms with Gasteiger partial charge in [0, 0.05) is 36.0 Å². The fourth-order valence-electron chi connectivity index (χ4n) is 9.03. The Balaban J connectivity index is 1.22. The molecule has 2 N–H and O–H groups in total. The quantitative estimate of drug-likeness (QED) is 0.146. The number of carbonyl (C=O) groups excluding carboxylic acids is 1. The summed E-state index contributed by atoms with van der Waals surface area (Å²) in [6, 6.07) is 12.6. The van der Waals surface area contributed by atoms with Gasteiger partial charge >= 0.3 is 0 Å². The average molecular weight is 897 g/mol. The van der Waals surface area contributed by atoms with Crippen LogP contribution in [0.25, 0.3) is 27.7 Å². The van der Waals surface area contributed by atoms with Gasteiger partial charge in [0.1, 0.15) is 47.3 Å². The normalized spacial score (nSPS) is 21.5. The van der Waals surface area contributed by atoms with Crippen molar-refractivity contribution in [3.63, 3.8) is 0 Å². The van der Waals surface area contributed by atoms with Crippen molar-refractivity contribution in [3.05, 3.63) is 134 Å². The standard InChI is InChI=1S/C42H35ClF6N8O4S/c1-19-6-4-5-7-24(19)21-8-9-25-29(15-21)51-40(57(41(25)59)31-11-10-28(43)34-36(31)55(2)53-39(34)54-62(3,60)61)30(14-20-12-22(44)16-23(45)13-20)50-32(58)18-56-37-33(35(52-56)38(46)47)26-17-27(26)42(37,48)49/h4-13,15-16,26-27,30,34,36,38H,14,17-18H2,1-3H3,(H,50,58)(H,53,54)/t26-,27+,30-,34?,36?/m0/s1. The molecule has 62 heavy (non-hydrogen) atoms. The fourth-order valence-corrected chi connectivity index (χ4v) is 9.86. The number of likely N-dealkylation sites (N-methyl/N-ethyl adjacent to an activating group) is 1. The maximum Gasteiger partial charge on any atom is 0.293 e. The van der Waals surface area contributed by atoms with E-state index in [-0.39, 0.29) is 50.8 Å². The summed E-state index contributed by atoms with van der Waals surface area (Å²) in [5, 5.41) is 12.5. The molecule has 1 fully saturated rings. The van der Waals surface area contributed by atoms with E-state index in [2.05, 4.69) is 20.2 Å². The van der Waals surface area contributed by atoms with Crippen LogP contribution < -0.4 is 15.6 Å². The van der Waals surface area contributed by atoms with Crippen molar-refractivity contribution in [2.45, 2.75) is 56.7 Å². The third-order valence-electron chi connectivity index (χ3n) is 11.7. The molecule has 12 nitrogen and oxygen atoms in total. The fraction of sp³-hybridized carbons (Fsp3) is 0.310. The highest BCUT2D eigenvalue weighted by molar-refractivity contribution is 7.89. The molecule has 4 aliphatic rings. The number of amides is 1. The Hall–Kier alpha value is -5.95. The molecule has 1 aliphatic heterocycles. The van der Waals surface area contributed by atoms with Crippen LogP contribution in [0, 0.1) is 30.4 Å². The molecule has 3 aliphatic carbocycles. The number of carbonyl (C=O) groups is 1. The lowest BCUT2D eigenvalue weighted by Gasteiger charge is -2.33. The summed E-state index contributed by atoms with van der Waals surface area (Å²) in [6.07, 6.45) is 0.245. The maximum atomic E-state index is 15.5. The first kappa shape index (κ1) is 41.4. The van der Waals surface area contributed by atoms with Crippen molar-refractivity contribution in [3.8, 4) is 11.1 Å². The second-order valence-electron chi connectivity index (χ2n) is 15.9. The smallest absolute Gasteiger partial charge is 0.293 e. The predicted molar refractivity (Wildman–Crippen MR) is 218 cm³/mol. The van der Waals surface area contributed by atoms with Crippen molar-refractivity contribution in [2.75, 3.05) is 13.3 Å². The first-order valence-electron chi connectivity index (χ1n) is 19.3. The maximum absolute atomic E-state index is 15.5. The number of nitrogens with zero attached hydrogens (tertiary/aromatic N) is 6. The van der Waals surface area contributed by atoms with E-state index in [1.165, 1.54) is 28.8 Å². The predicted octanol–water partition coefficient (Wildman–Crippen LogP) is 6.86. The van der Waals surface area contributed by atoms with Gasteiger partial charge in [0.25, 0.3) is 17.9 Å². The number of amidine groups is 1. The van der Waals surface area contributed by atoms with E-state index < -0.39 is 99.7 Å². The van der Waals surface area contributed by atoms with Gasteiger partial charge < -0.3 is 5.32 Å². The summed E-state index contributed by atoms with van der Waals surface area (Å²) >= 11 is 6.70. The van der Waals surface area contributed by atoms with Gasteiger partial charge in [-0.3, -0.25) is 28.6 Å². The van der Waals surface area contributed by atoms with Crippen LogP contribution in [-0.2, 0) is 33.7 Å². The van der Waals surface area contributed by atoms with Gasteiger partial charge in [0.2, 0.25) is 15.9 Å². The summed E-state index contributed by atoms with van der Waals surface area (Å²) in [4.78, 5) is 34.2. The summed E-state index contributed by atoms with van der Waals surface area (Å²) in [6.45, 7) is 0.937. The molecule has 1 amide bonds. The number of alkyl halides is 4. The van der Waals surface area contributed by atoms with Crippen LogP contribution in [0.3, 0.4) is 0 Å². The van der Waals surface area contributed by atoms with Gasteiger partial charge in [-0.25, -0.2) is 31.0 Å². The van der Waals surface area contributed by atoms with E-state index >= 15 is 13.6 Å². The minimum Gasteiger partial charge on any atom is -0.344 e. The molecule has 3 aromatic carbocycles. The minimum absolute atomic E-state index is 0.00470. The third-order valence-corrected chi connectivity index (χ3v) is 12.6. The molecule has 2 aromatic heterocycles. The first-order chi connectivity index (χ1) is 29.3. The summed E-state index contributed by atoms with van der Waals surface area (Å²) in [5.74, 6) is -9.70. The van der Waals surface area contributed by atoms with E-state index in [9.17, 15) is 30.8 Å². The van der Waals surface area contributed by atoms with E-state index in [1.807, 2.05) is 31.2 Å². The zero-order valence-electron chi connectivity index (χ0n) is 32.9. The Kier molecular flexibility index (Phi) is 9.92. The Morgan fingerprint density at radius 2 is 1.77 bits per heavy atom. The highest BCUT2D eigenvalue weighted by Crippen LogP contribution is 2.68. The Morgan fingerprint density at radius 1 is 1.05 bits per heavy atom. The van der Waals surface area contributed by atoms with Crippen molar-refractivity contribution >= 4 is 50.0 Å². The SMILES string of the molecule is Cc1ccccc1-c1ccc2c(=O)n(C3=CC=C(Cl)C4C(NS(C)(=O)=O)=NN(C)C34)c([C@H](Cc3cc(F)cc(F)c3)NC(=O)Cn3nc(C(F)F)c4c3C(F)(F)[C@@H]3C[C@H]43)nc2c1. The van der Waals surface area contributed by atoms with Gasteiger partial charge in [-0.15, -0.1) is 0 Å². The van der Waals surface area contributed by atoms with E-state index in [4.69, 9.17) is 16.6 Å². The molecule has 3 heterocycles. The largest absolute Gasteiger partial charge is 0.344 e. The molecular formula is C42H35ClF6N8O4S. The van der Waals surface area contributed by atoms with Crippen molar-refractivity contribution in [2.24, 2.45) is 16.9 Å². The molecule has 0 radical (unpaired) electrons. The zero-order valence-corrected chi connectivity index (χ0v) is 34.5. The lowest BCUT2D eigenvalue weighted by atomic mass is 9.91. The Bertz CT molecular complexity index is 2990. The van der Waals surface area contributed by atoms with Crippen LogP contribution in [0.4, 0.5) is 26.3 Å². The molecule has 1 saturated carbocycles. The summed E-state index contributed by atoms with van der Waals surface area (Å²) in [5.41, 5.74) is 0.135. The number of aromatic nitrogens is 4. The van der Waals surface area contributed by atoms with E-state index in [0.29, 0.717) is 16.3 Å². The zero-order chi connectivity index (χ0) is 44.2. The number of nitrogens with one attached hydrogen (secondary N) is 2. The number of allylic oxidation sites excluding steroid dienone is 2. The monoisotopic (exact) mass is 896 g/mol. The number of sulfonamides is 1. The van der Waals surface area contributed by atoms with Crippen LogP contribution >= 0.6 is 11.6 Å². The summed E-state index contributed by atoms with van der Waals surface area (Å²) < 4.78 is 118. The Morgan fingerprint density at radius 3 is 2.47 bits per heavy atom. The van der Waals surface area contributed by atoms with Crippen molar-refractivity contribution < 1.29 is 39.6 Å². The topological polar surface area (TPSA) is 144 Å². The highest BCUT2D eigenvalue weighted by atomic mass is 35.5.